The molecule has 0 aromatic heterocycles. The van der Waals surface area contributed by atoms with Crippen LogP contribution in [-0.2, 0) is 0 Å². The Hall–Kier alpha value is -1.03. The lowest BCUT2D eigenvalue weighted by molar-refractivity contribution is 0.276. The Bertz CT molecular complexity index is 533. The summed E-state index contributed by atoms with van der Waals surface area (Å²) < 4.78 is 0.996. The monoisotopic (exact) mass is 325 g/mol. The second-order valence-electron chi connectivity index (χ2n) is 3.94. The van der Waals surface area contributed by atoms with Gasteiger partial charge in [0.25, 0.3) is 0 Å². The van der Waals surface area contributed by atoms with Gasteiger partial charge in [-0.3, -0.25) is 0 Å². The molecular weight excluding hydrogens is 314 g/mol. The highest BCUT2D eigenvalue weighted by atomic mass is 79.9. The van der Waals surface area contributed by atoms with Crippen molar-refractivity contribution in [1.82, 2.24) is 0 Å². The zero-order valence-corrected chi connectivity index (χ0v) is 11.9. The van der Waals surface area contributed by atoms with Crippen molar-refractivity contribution in [3.8, 4) is 0 Å². The third-order valence-corrected chi connectivity index (χ3v) is 3.33. The molecule has 18 heavy (non-hydrogen) atoms. The number of hydrogen-bond donors (Lipinski definition) is 2. The average Bonchev–Trinajstić information content (AvgIpc) is 2.36. The van der Waals surface area contributed by atoms with Crippen LogP contribution in [0.1, 0.15) is 11.6 Å². The molecule has 0 aliphatic rings. The summed E-state index contributed by atoms with van der Waals surface area (Å²) in [4.78, 5) is 0. The number of aliphatic hydroxyl groups is 1. The van der Waals surface area contributed by atoms with E-state index in [0.717, 1.165) is 15.7 Å². The first kappa shape index (κ1) is 13.4. The minimum atomic E-state index is -0.169. The van der Waals surface area contributed by atoms with Gasteiger partial charge in [0, 0.05) is 15.2 Å². The lowest BCUT2D eigenvalue weighted by Crippen LogP contribution is -2.14. The lowest BCUT2D eigenvalue weighted by Gasteiger charge is -2.18. The number of benzene rings is 2. The summed E-state index contributed by atoms with van der Waals surface area (Å²) in [6.45, 7) is 0.00680. The van der Waals surface area contributed by atoms with Gasteiger partial charge in [0.15, 0.2) is 0 Å². The van der Waals surface area contributed by atoms with Gasteiger partial charge in [-0.2, -0.15) is 0 Å². The molecule has 2 N–H and O–H groups in total. The SMILES string of the molecule is OCC(Nc1cccc(Br)c1)c1cccc(Cl)c1. The summed E-state index contributed by atoms with van der Waals surface area (Å²) in [5, 5.41) is 13.4. The van der Waals surface area contributed by atoms with Crippen LogP contribution < -0.4 is 5.32 Å². The van der Waals surface area contributed by atoms with Crippen molar-refractivity contribution in [2.75, 3.05) is 11.9 Å². The van der Waals surface area contributed by atoms with Gasteiger partial charge in [0.1, 0.15) is 0 Å². The molecule has 2 aromatic carbocycles. The molecule has 2 aromatic rings. The quantitative estimate of drug-likeness (QED) is 0.880. The van der Waals surface area contributed by atoms with Crippen LogP contribution in [0.5, 0.6) is 0 Å². The molecule has 0 radical (unpaired) electrons. The molecule has 0 heterocycles. The van der Waals surface area contributed by atoms with Gasteiger partial charge in [0.05, 0.1) is 12.6 Å². The van der Waals surface area contributed by atoms with Gasteiger partial charge in [-0.05, 0) is 35.9 Å². The molecule has 2 nitrogen and oxygen atoms in total. The van der Waals surface area contributed by atoms with E-state index in [-0.39, 0.29) is 12.6 Å². The molecule has 0 aliphatic carbocycles. The van der Waals surface area contributed by atoms with Crippen LogP contribution in [0.15, 0.2) is 53.0 Å². The summed E-state index contributed by atoms with van der Waals surface area (Å²) in [7, 11) is 0. The average molecular weight is 327 g/mol. The lowest BCUT2D eigenvalue weighted by atomic mass is 10.1. The fraction of sp³-hybridized carbons (Fsp3) is 0.143. The molecule has 0 aliphatic heterocycles. The van der Waals surface area contributed by atoms with E-state index in [1.165, 1.54) is 0 Å². The molecule has 0 spiro atoms. The van der Waals surface area contributed by atoms with Gasteiger partial charge in [-0.1, -0.05) is 45.7 Å². The molecule has 4 heteroatoms. The van der Waals surface area contributed by atoms with E-state index in [1.54, 1.807) is 0 Å². The number of anilines is 1. The van der Waals surface area contributed by atoms with E-state index in [9.17, 15) is 5.11 Å². The summed E-state index contributed by atoms with van der Waals surface area (Å²) >= 11 is 9.38. The van der Waals surface area contributed by atoms with E-state index in [0.29, 0.717) is 5.02 Å². The van der Waals surface area contributed by atoms with Crippen LogP contribution in [0.3, 0.4) is 0 Å². The predicted molar refractivity (Wildman–Crippen MR) is 79.0 cm³/mol. The maximum Gasteiger partial charge on any atom is 0.0745 e. The first-order valence-corrected chi connectivity index (χ1v) is 6.74. The summed E-state index contributed by atoms with van der Waals surface area (Å²) in [6.07, 6.45) is 0. The van der Waals surface area contributed by atoms with E-state index >= 15 is 0 Å². The minimum Gasteiger partial charge on any atom is -0.394 e. The first-order chi connectivity index (χ1) is 8.69. The van der Waals surface area contributed by atoms with Crippen molar-refractivity contribution >= 4 is 33.2 Å². The maximum absolute atomic E-state index is 9.48. The van der Waals surface area contributed by atoms with Crippen molar-refractivity contribution in [1.29, 1.82) is 0 Å². The number of rotatable bonds is 4. The Morgan fingerprint density at radius 1 is 1.17 bits per heavy atom. The molecule has 94 valence electrons. The van der Waals surface area contributed by atoms with Gasteiger partial charge >= 0.3 is 0 Å². The highest BCUT2D eigenvalue weighted by Crippen LogP contribution is 2.23. The van der Waals surface area contributed by atoms with Crippen molar-refractivity contribution < 1.29 is 5.11 Å². The second kappa shape index (κ2) is 6.23. The van der Waals surface area contributed by atoms with Crippen molar-refractivity contribution in [2.45, 2.75) is 6.04 Å². The number of aliphatic hydroxyl groups excluding tert-OH is 1. The van der Waals surface area contributed by atoms with E-state index in [1.807, 2.05) is 48.5 Å². The Morgan fingerprint density at radius 2 is 1.94 bits per heavy atom. The maximum atomic E-state index is 9.48. The Balaban J connectivity index is 2.19. The Kier molecular flexibility index (Phi) is 4.64. The Labute approximate surface area is 120 Å². The number of halogens is 2. The molecule has 0 saturated carbocycles. The van der Waals surface area contributed by atoms with Crippen LogP contribution in [0.2, 0.25) is 5.02 Å². The number of nitrogens with one attached hydrogen (secondary N) is 1. The fourth-order valence-electron chi connectivity index (χ4n) is 1.74. The van der Waals surface area contributed by atoms with Gasteiger partial charge in [-0.25, -0.2) is 0 Å². The van der Waals surface area contributed by atoms with Crippen LogP contribution in [-0.4, -0.2) is 11.7 Å². The molecule has 0 fully saturated rings. The number of hydrogen-bond acceptors (Lipinski definition) is 2. The third kappa shape index (κ3) is 3.48. The fourth-order valence-corrected chi connectivity index (χ4v) is 2.34. The molecular formula is C14H13BrClNO. The van der Waals surface area contributed by atoms with Crippen molar-refractivity contribution in [2.24, 2.45) is 0 Å². The van der Waals surface area contributed by atoms with E-state index in [4.69, 9.17) is 11.6 Å². The van der Waals surface area contributed by atoms with Gasteiger partial charge in [0.2, 0.25) is 0 Å². The molecule has 1 atom stereocenters. The van der Waals surface area contributed by atoms with Crippen LogP contribution in [0.4, 0.5) is 5.69 Å². The molecule has 0 saturated heterocycles. The first-order valence-electron chi connectivity index (χ1n) is 5.57. The predicted octanol–water partition coefficient (Wildman–Crippen LogP) is 4.25. The smallest absolute Gasteiger partial charge is 0.0745 e. The van der Waals surface area contributed by atoms with Crippen molar-refractivity contribution in [3.05, 3.63) is 63.6 Å². The molecule has 2 rings (SSSR count). The van der Waals surface area contributed by atoms with Crippen LogP contribution >= 0.6 is 27.5 Å². The highest BCUT2D eigenvalue weighted by molar-refractivity contribution is 9.10. The Morgan fingerprint density at radius 3 is 2.61 bits per heavy atom. The summed E-state index contributed by atoms with van der Waals surface area (Å²) in [5.41, 5.74) is 1.91. The van der Waals surface area contributed by atoms with Crippen molar-refractivity contribution in [3.63, 3.8) is 0 Å². The summed E-state index contributed by atoms with van der Waals surface area (Å²) in [5.74, 6) is 0. The van der Waals surface area contributed by atoms with Gasteiger partial charge < -0.3 is 10.4 Å². The zero-order chi connectivity index (χ0) is 13.0. The van der Waals surface area contributed by atoms with Gasteiger partial charge in [-0.15, -0.1) is 0 Å². The largest absolute Gasteiger partial charge is 0.394 e. The zero-order valence-electron chi connectivity index (χ0n) is 9.61. The molecule has 1 unspecified atom stereocenters. The molecule has 0 bridgehead atoms. The molecule has 0 amide bonds. The normalized spacial score (nSPS) is 12.2. The topological polar surface area (TPSA) is 32.3 Å². The summed E-state index contributed by atoms with van der Waals surface area (Å²) in [6, 6.07) is 15.1. The highest BCUT2D eigenvalue weighted by Gasteiger charge is 2.10. The standard InChI is InChI=1S/C14H13BrClNO/c15-11-4-2-6-13(8-11)17-14(9-18)10-3-1-5-12(16)7-10/h1-8,14,17-18H,9H2. The third-order valence-electron chi connectivity index (χ3n) is 2.60. The van der Waals surface area contributed by atoms with E-state index < -0.39 is 0 Å². The van der Waals surface area contributed by atoms with Crippen LogP contribution in [0.25, 0.3) is 0 Å². The van der Waals surface area contributed by atoms with E-state index in [2.05, 4.69) is 21.2 Å². The van der Waals surface area contributed by atoms with Crippen LogP contribution in [0, 0.1) is 0 Å². The second-order valence-corrected chi connectivity index (χ2v) is 5.30. The minimum absolute atomic E-state index is 0.00680.